The lowest BCUT2D eigenvalue weighted by molar-refractivity contribution is 0.683. The minimum Gasteiger partial charge on any atom is -0.360 e. The van der Waals surface area contributed by atoms with E-state index in [0.717, 1.165) is 29.5 Å². The van der Waals surface area contributed by atoms with Crippen molar-refractivity contribution in [1.29, 1.82) is 0 Å². The first-order chi connectivity index (χ1) is 7.84. The Morgan fingerprint density at radius 2 is 2.25 bits per heavy atom. The summed E-state index contributed by atoms with van der Waals surface area (Å²) < 4.78 is 0. The van der Waals surface area contributed by atoms with Crippen LogP contribution in [0.4, 0.5) is 0 Å². The molecule has 3 rings (SSSR count). The third-order valence-corrected chi connectivity index (χ3v) is 3.47. The van der Waals surface area contributed by atoms with Crippen LogP contribution in [0.1, 0.15) is 18.4 Å². The summed E-state index contributed by atoms with van der Waals surface area (Å²) in [6.45, 7) is 1.06. The molecular formula is C13H15ClN2. The van der Waals surface area contributed by atoms with Gasteiger partial charge >= 0.3 is 0 Å². The van der Waals surface area contributed by atoms with Crippen molar-refractivity contribution < 1.29 is 0 Å². The number of H-pyrrole nitrogens is 1. The first kappa shape index (κ1) is 10.2. The van der Waals surface area contributed by atoms with Gasteiger partial charge in [-0.15, -0.1) is 0 Å². The number of hydrogen-bond donors (Lipinski definition) is 2. The van der Waals surface area contributed by atoms with Crippen LogP contribution in [-0.2, 0) is 6.42 Å². The van der Waals surface area contributed by atoms with E-state index in [1.807, 2.05) is 12.1 Å². The van der Waals surface area contributed by atoms with E-state index in [0.29, 0.717) is 0 Å². The summed E-state index contributed by atoms with van der Waals surface area (Å²) in [5.74, 6) is 0. The lowest BCUT2D eigenvalue weighted by Crippen LogP contribution is -2.19. The van der Waals surface area contributed by atoms with Gasteiger partial charge in [0, 0.05) is 17.6 Å². The number of nitrogens with one attached hydrogen (secondary N) is 2. The molecule has 3 heteroatoms. The van der Waals surface area contributed by atoms with Gasteiger partial charge in [0.2, 0.25) is 0 Å². The third-order valence-electron chi connectivity index (χ3n) is 3.16. The number of hydrogen-bond acceptors (Lipinski definition) is 1. The molecule has 2 nitrogen and oxygen atoms in total. The van der Waals surface area contributed by atoms with Gasteiger partial charge in [-0.3, -0.25) is 0 Å². The average molecular weight is 235 g/mol. The highest BCUT2D eigenvalue weighted by molar-refractivity contribution is 6.35. The van der Waals surface area contributed by atoms with E-state index < -0.39 is 0 Å². The van der Waals surface area contributed by atoms with Crippen LogP contribution in [0, 0.1) is 0 Å². The van der Waals surface area contributed by atoms with E-state index in [1.165, 1.54) is 23.8 Å². The zero-order chi connectivity index (χ0) is 11.0. The van der Waals surface area contributed by atoms with Crippen LogP contribution in [0.3, 0.4) is 0 Å². The van der Waals surface area contributed by atoms with Gasteiger partial charge in [-0.05, 0) is 37.4 Å². The molecule has 0 unspecified atom stereocenters. The van der Waals surface area contributed by atoms with Crippen molar-refractivity contribution in [2.24, 2.45) is 0 Å². The molecule has 0 bridgehead atoms. The van der Waals surface area contributed by atoms with Crippen molar-refractivity contribution in [3.05, 3.63) is 35.0 Å². The fourth-order valence-electron chi connectivity index (χ4n) is 2.08. The molecule has 16 heavy (non-hydrogen) atoms. The van der Waals surface area contributed by atoms with E-state index in [9.17, 15) is 0 Å². The van der Waals surface area contributed by atoms with E-state index in [4.69, 9.17) is 11.6 Å². The van der Waals surface area contributed by atoms with Crippen LogP contribution in [0.15, 0.2) is 24.4 Å². The number of aromatic amines is 1. The fraction of sp³-hybridized carbons (Fsp3) is 0.385. The van der Waals surface area contributed by atoms with E-state index in [1.54, 1.807) is 0 Å². The maximum Gasteiger partial charge on any atom is 0.0647 e. The monoisotopic (exact) mass is 234 g/mol. The second-order valence-corrected chi connectivity index (χ2v) is 4.86. The SMILES string of the molecule is Clc1cccc2c(CCNC3CC3)c[nH]c12. The van der Waals surface area contributed by atoms with Crippen molar-refractivity contribution in [3.63, 3.8) is 0 Å². The Labute approximate surface area is 100.0 Å². The molecule has 0 spiro atoms. The molecule has 0 aliphatic heterocycles. The normalized spacial score (nSPS) is 15.8. The molecule has 1 aromatic heterocycles. The minimum atomic E-state index is 0.786. The highest BCUT2D eigenvalue weighted by Gasteiger charge is 2.19. The van der Waals surface area contributed by atoms with Gasteiger partial charge in [-0.1, -0.05) is 23.7 Å². The Hall–Kier alpha value is -0.990. The van der Waals surface area contributed by atoms with Crippen LogP contribution in [0.5, 0.6) is 0 Å². The molecule has 2 aromatic rings. The number of benzene rings is 1. The van der Waals surface area contributed by atoms with Crippen molar-refractivity contribution in [2.75, 3.05) is 6.54 Å². The molecule has 1 aromatic carbocycles. The maximum absolute atomic E-state index is 6.12. The molecule has 2 N–H and O–H groups in total. The Bertz CT molecular complexity index is 500. The van der Waals surface area contributed by atoms with Crippen molar-refractivity contribution in [3.8, 4) is 0 Å². The van der Waals surface area contributed by atoms with Crippen molar-refractivity contribution in [2.45, 2.75) is 25.3 Å². The fourth-order valence-corrected chi connectivity index (χ4v) is 2.31. The largest absolute Gasteiger partial charge is 0.360 e. The van der Waals surface area contributed by atoms with E-state index in [2.05, 4.69) is 22.6 Å². The number of halogens is 1. The molecule has 0 saturated heterocycles. The van der Waals surface area contributed by atoms with E-state index >= 15 is 0 Å². The van der Waals surface area contributed by atoms with Crippen LogP contribution >= 0.6 is 11.6 Å². The highest BCUT2D eigenvalue weighted by atomic mass is 35.5. The second-order valence-electron chi connectivity index (χ2n) is 4.45. The first-order valence-electron chi connectivity index (χ1n) is 5.82. The molecule has 1 fully saturated rings. The van der Waals surface area contributed by atoms with Gasteiger partial charge in [0.05, 0.1) is 10.5 Å². The van der Waals surface area contributed by atoms with Gasteiger partial charge in [0.25, 0.3) is 0 Å². The first-order valence-corrected chi connectivity index (χ1v) is 6.20. The highest BCUT2D eigenvalue weighted by Crippen LogP contribution is 2.25. The minimum absolute atomic E-state index is 0.786. The molecule has 84 valence electrons. The van der Waals surface area contributed by atoms with Crippen LogP contribution < -0.4 is 5.32 Å². The molecule has 1 aliphatic rings. The molecule has 1 aliphatic carbocycles. The summed E-state index contributed by atoms with van der Waals surface area (Å²) >= 11 is 6.12. The van der Waals surface area contributed by atoms with Crippen molar-refractivity contribution in [1.82, 2.24) is 10.3 Å². The summed E-state index contributed by atoms with van der Waals surface area (Å²) in [4.78, 5) is 3.25. The number of fused-ring (bicyclic) bond motifs is 1. The van der Waals surface area contributed by atoms with E-state index in [-0.39, 0.29) is 0 Å². The van der Waals surface area contributed by atoms with Crippen LogP contribution in [0.2, 0.25) is 5.02 Å². The van der Waals surface area contributed by atoms with Gasteiger partial charge in [0.15, 0.2) is 0 Å². The summed E-state index contributed by atoms with van der Waals surface area (Å²) in [7, 11) is 0. The Kier molecular flexibility index (Phi) is 2.62. The van der Waals surface area contributed by atoms with Crippen LogP contribution in [-0.4, -0.2) is 17.6 Å². The quantitative estimate of drug-likeness (QED) is 0.836. The summed E-state index contributed by atoms with van der Waals surface area (Å²) in [6, 6.07) is 6.85. The zero-order valence-electron chi connectivity index (χ0n) is 9.09. The predicted octanol–water partition coefficient (Wildman–Crippen LogP) is 3.12. The van der Waals surface area contributed by atoms with Gasteiger partial charge in [-0.25, -0.2) is 0 Å². The average Bonchev–Trinajstić information content (AvgIpc) is 3.00. The van der Waals surface area contributed by atoms with Gasteiger partial charge in [0.1, 0.15) is 0 Å². The Morgan fingerprint density at radius 3 is 3.06 bits per heavy atom. The topological polar surface area (TPSA) is 27.8 Å². The molecule has 0 atom stereocenters. The second kappa shape index (κ2) is 4.11. The smallest absolute Gasteiger partial charge is 0.0647 e. The van der Waals surface area contributed by atoms with Gasteiger partial charge in [-0.2, -0.15) is 0 Å². The summed E-state index contributed by atoms with van der Waals surface area (Å²) in [5, 5.41) is 5.59. The number of rotatable bonds is 4. The number of aromatic nitrogens is 1. The predicted molar refractivity (Wildman–Crippen MR) is 68.0 cm³/mol. The molecule has 1 saturated carbocycles. The molecular weight excluding hydrogens is 220 g/mol. The zero-order valence-corrected chi connectivity index (χ0v) is 9.85. The summed E-state index contributed by atoms with van der Waals surface area (Å²) in [6.07, 6.45) is 5.83. The number of para-hydroxylation sites is 1. The third kappa shape index (κ3) is 1.95. The summed E-state index contributed by atoms with van der Waals surface area (Å²) in [5.41, 5.74) is 2.41. The molecule has 1 heterocycles. The Morgan fingerprint density at radius 1 is 1.38 bits per heavy atom. The molecule has 0 amide bonds. The Balaban J connectivity index is 1.77. The maximum atomic E-state index is 6.12. The standard InChI is InChI=1S/C13H15ClN2/c14-12-3-1-2-11-9(8-16-13(11)12)6-7-15-10-4-5-10/h1-3,8,10,15-16H,4-7H2. The lowest BCUT2D eigenvalue weighted by atomic mass is 10.1. The lowest BCUT2D eigenvalue weighted by Gasteiger charge is -2.01. The van der Waals surface area contributed by atoms with Crippen LogP contribution in [0.25, 0.3) is 10.9 Å². The van der Waals surface area contributed by atoms with Gasteiger partial charge < -0.3 is 10.3 Å². The van der Waals surface area contributed by atoms with Crippen molar-refractivity contribution >= 4 is 22.5 Å². The molecule has 0 radical (unpaired) electrons.